The summed E-state index contributed by atoms with van der Waals surface area (Å²) in [5.74, 6) is -0.218. The van der Waals surface area contributed by atoms with Crippen LogP contribution in [-0.2, 0) is 19.5 Å². The Morgan fingerprint density at radius 3 is 1.60 bits per heavy atom. The van der Waals surface area contributed by atoms with Crippen molar-refractivity contribution in [1.29, 1.82) is 5.26 Å². The Labute approximate surface area is 387 Å². The van der Waals surface area contributed by atoms with Crippen molar-refractivity contribution in [3.63, 3.8) is 0 Å². The van der Waals surface area contributed by atoms with E-state index in [0.717, 1.165) is 34.2 Å². The summed E-state index contributed by atoms with van der Waals surface area (Å²) < 4.78 is 3.51. The molecule has 2 amide bonds. The molecule has 2 aliphatic rings. The summed E-state index contributed by atoms with van der Waals surface area (Å²) in [5, 5.41) is 26.4. The Balaban J connectivity index is 0.000000194. The van der Waals surface area contributed by atoms with Crippen LogP contribution in [0.5, 0.6) is 0 Å². The molecule has 2 atom stereocenters. The van der Waals surface area contributed by atoms with Crippen molar-refractivity contribution in [3.8, 4) is 28.6 Å². The van der Waals surface area contributed by atoms with Gasteiger partial charge in [-0.25, -0.2) is 9.69 Å². The number of aromatic nitrogens is 4. The second-order valence-corrected chi connectivity index (χ2v) is 16.6. The highest BCUT2D eigenvalue weighted by atomic mass is 35.5. The van der Waals surface area contributed by atoms with Crippen molar-refractivity contribution >= 4 is 64.1 Å². The first-order chi connectivity index (χ1) is 31.4. The second kappa shape index (κ2) is 19.9. The smallest absolute Gasteiger partial charge is 0.272 e. The van der Waals surface area contributed by atoms with Crippen LogP contribution in [0, 0.1) is 24.5 Å². The van der Waals surface area contributed by atoms with Crippen LogP contribution >= 0.6 is 23.2 Å². The first kappa shape index (κ1) is 45.6. The minimum Gasteiger partial charge on any atom is -0.385 e. The zero-order chi connectivity index (χ0) is 46.4. The van der Waals surface area contributed by atoms with Crippen molar-refractivity contribution in [1.82, 2.24) is 29.4 Å². The van der Waals surface area contributed by atoms with Crippen LogP contribution in [-0.4, -0.2) is 73.6 Å². The van der Waals surface area contributed by atoms with Crippen LogP contribution in [0.1, 0.15) is 87.8 Å². The van der Waals surface area contributed by atoms with E-state index in [-0.39, 0.29) is 30.3 Å². The summed E-state index contributed by atoms with van der Waals surface area (Å²) in [7, 11) is 0. The average molecular weight is 907 g/mol. The molecule has 0 bridgehead atoms. The highest BCUT2D eigenvalue weighted by molar-refractivity contribution is 6.31. The third-order valence-electron chi connectivity index (χ3n) is 11.1. The molecular weight excluding hydrogens is 862 g/mol. The zero-order valence-corrected chi connectivity index (χ0v) is 37.8. The first-order valence-electron chi connectivity index (χ1n) is 21.1. The third kappa shape index (κ3) is 9.73. The van der Waals surface area contributed by atoms with Gasteiger partial charge in [0.15, 0.2) is 17.7 Å². The fourth-order valence-electron chi connectivity index (χ4n) is 8.23. The van der Waals surface area contributed by atoms with Gasteiger partial charge in [-0.1, -0.05) is 71.7 Å². The van der Waals surface area contributed by atoms with Gasteiger partial charge in [-0.3, -0.25) is 23.7 Å². The van der Waals surface area contributed by atoms with Crippen LogP contribution in [0.15, 0.2) is 84.9 Å². The molecule has 0 radical (unpaired) electrons. The lowest BCUT2D eigenvalue weighted by atomic mass is 9.99. The van der Waals surface area contributed by atoms with E-state index in [1.165, 1.54) is 0 Å². The van der Waals surface area contributed by atoms with Gasteiger partial charge in [0.25, 0.3) is 11.8 Å². The van der Waals surface area contributed by atoms with Crippen molar-refractivity contribution < 1.29 is 14.4 Å². The Morgan fingerprint density at radius 1 is 0.723 bits per heavy atom. The number of aldehydes is 1. The third-order valence-corrected chi connectivity index (χ3v) is 11.6. The van der Waals surface area contributed by atoms with Crippen molar-refractivity contribution in [2.75, 3.05) is 36.8 Å². The number of benzene rings is 4. The van der Waals surface area contributed by atoms with Gasteiger partial charge >= 0.3 is 0 Å². The molecule has 0 saturated carbocycles. The van der Waals surface area contributed by atoms with E-state index in [1.807, 2.05) is 62.9 Å². The Bertz CT molecular complexity index is 2900. The van der Waals surface area contributed by atoms with Crippen LogP contribution in [0.4, 0.5) is 22.7 Å². The molecule has 6 aromatic rings. The predicted molar refractivity (Wildman–Crippen MR) is 253 cm³/mol. The Kier molecular flexibility index (Phi) is 14.0. The number of carbonyl (C=O) groups is 3. The number of halogens is 2. The second-order valence-electron chi connectivity index (χ2n) is 15.8. The highest BCUT2D eigenvalue weighted by Gasteiger charge is 2.33. The number of nitrogens with zero attached hydrogens (tertiary/aromatic N) is 9. The number of amides is 2. The molecule has 4 heterocycles. The predicted octanol–water partition coefficient (Wildman–Crippen LogP) is 10.7. The number of hydrogen-bond acceptors (Lipinski definition) is 8. The summed E-state index contributed by atoms with van der Waals surface area (Å²) in [6.07, 6.45) is 0.942. The molecular formula is C49H45Cl2N11O3. The maximum atomic E-state index is 13.3. The summed E-state index contributed by atoms with van der Waals surface area (Å²) in [6.45, 7) is 25.4. The fourth-order valence-corrected chi connectivity index (χ4v) is 8.70. The van der Waals surface area contributed by atoms with Crippen molar-refractivity contribution in [2.45, 2.75) is 59.3 Å². The van der Waals surface area contributed by atoms with E-state index in [0.29, 0.717) is 100 Å². The number of carbonyl (C=O) groups excluding carboxylic acids is 3. The maximum absolute atomic E-state index is 13.3. The van der Waals surface area contributed by atoms with Crippen LogP contribution in [0.25, 0.3) is 32.2 Å². The molecule has 0 saturated heterocycles. The summed E-state index contributed by atoms with van der Waals surface area (Å²) in [6, 6.07) is 27.2. The molecule has 2 aliphatic heterocycles. The van der Waals surface area contributed by atoms with Gasteiger partial charge in [0, 0.05) is 77.4 Å². The number of nitriles is 1. The summed E-state index contributed by atoms with van der Waals surface area (Å²) in [4.78, 5) is 48.8. The molecule has 14 nitrogen and oxygen atoms in total. The van der Waals surface area contributed by atoms with Crippen molar-refractivity contribution in [3.05, 3.63) is 151 Å². The summed E-state index contributed by atoms with van der Waals surface area (Å²) in [5.41, 5.74) is 9.39. The molecule has 0 unspecified atom stereocenters. The van der Waals surface area contributed by atoms with Gasteiger partial charge in [0.2, 0.25) is 0 Å². The average Bonchev–Trinajstić information content (AvgIpc) is 3.95. The van der Waals surface area contributed by atoms with Crippen LogP contribution in [0.2, 0.25) is 10.0 Å². The lowest BCUT2D eigenvalue weighted by Crippen LogP contribution is -2.41. The van der Waals surface area contributed by atoms with E-state index in [4.69, 9.17) is 46.5 Å². The van der Waals surface area contributed by atoms with E-state index >= 15 is 0 Å². The molecule has 8 rings (SSSR count). The van der Waals surface area contributed by atoms with Gasteiger partial charge < -0.3 is 20.4 Å². The Morgan fingerprint density at radius 2 is 1.17 bits per heavy atom. The first-order valence-corrected chi connectivity index (χ1v) is 21.8. The minimum atomic E-state index is -0.122. The molecule has 2 aromatic heterocycles. The molecule has 4 aromatic carbocycles. The number of rotatable bonds is 12. The van der Waals surface area contributed by atoms with Gasteiger partial charge in [0.05, 0.1) is 49.1 Å². The molecule has 16 heteroatoms. The number of anilines is 2. The van der Waals surface area contributed by atoms with E-state index in [9.17, 15) is 19.6 Å². The molecule has 2 N–H and O–H groups in total. The number of nitrogens with one attached hydrogen (secondary N) is 2. The minimum absolute atomic E-state index is 0.0109. The largest absolute Gasteiger partial charge is 0.385 e. The number of fused-ring (bicyclic) bond motifs is 2. The van der Waals surface area contributed by atoms with Gasteiger partial charge in [-0.05, 0) is 80.8 Å². The topological polar surface area (TPSA) is 150 Å². The van der Waals surface area contributed by atoms with E-state index < -0.39 is 0 Å². The Hall–Kier alpha value is -7.44. The molecule has 65 heavy (non-hydrogen) atoms. The van der Waals surface area contributed by atoms with E-state index in [2.05, 4.69) is 26.4 Å². The van der Waals surface area contributed by atoms with Gasteiger partial charge in [-0.15, -0.1) is 0 Å². The lowest BCUT2D eigenvalue weighted by molar-refractivity contribution is 0.0645. The van der Waals surface area contributed by atoms with Crippen LogP contribution in [0.3, 0.4) is 0 Å². The number of hydrogen-bond donors (Lipinski definition) is 2. The van der Waals surface area contributed by atoms with Crippen molar-refractivity contribution in [2.24, 2.45) is 0 Å². The summed E-state index contributed by atoms with van der Waals surface area (Å²) >= 11 is 12.5. The quantitative estimate of drug-likeness (QED) is 0.0910. The lowest BCUT2D eigenvalue weighted by Gasteiger charge is -2.31. The standard InChI is InChI=1S/C25H23ClN6O.C24H22ClN5O2/c1-4-29-21-12-19(26)11-18(9-10-27)24(21)22-13-23-25(33)31(14-16(2)32(23)30-22)15-17-5-7-20(28-3)8-6-17;1-4-27-20-10-18(25)9-17(14-31)23(20)21-11-22-24(32)29(12-15(2)30(22)28-21)13-16-5-7-19(26-3)8-6-16/h5-8,11-13,16,29H,4,9,14-15H2,1-2H3;5-11,14-15,27H,4,12-13H2,1-2H3/t16-;15-/m00/s1. The highest BCUT2D eigenvalue weighted by Crippen LogP contribution is 2.38. The fraction of sp³-hybridized carbons (Fsp3) is 0.265. The zero-order valence-electron chi connectivity index (χ0n) is 36.3. The normalized spacial score (nSPS) is 15.1. The molecule has 0 spiro atoms. The van der Waals surface area contributed by atoms with Gasteiger partial charge in [-0.2, -0.15) is 15.5 Å². The molecule has 0 aliphatic carbocycles. The SMILES string of the molecule is [C-]#[N+]c1ccc(CN2C[C@H](C)n3nc(-c4c(C=O)cc(Cl)cc4NCC)cc3C2=O)cc1.[C-]#[N+]c1ccc(CN2C[C@H](C)n3nc(-c4c(CC#N)cc(Cl)cc4NCC)cc3C2=O)cc1. The molecule has 0 fully saturated rings. The maximum Gasteiger partial charge on any atom is 0.272 e. The monoisotopic (exact) mass is 905 g/mol. The van der Waals surface area contributed by atoms with Gasteiger partial charge in [0.1, 0.15) is 11.4 Å². The molecule has 328 valence electrons. The van der Waals surface area contributed by atoms with Crippen LogP contribution < -0.4 is 10.6 Å². The van der Waals surface area contributed by atoms with E-state index in [1.54, 1.807) is 68.9 Å².